The van der Waals surface area contributed by atoms with Crippen molar-refractivity contribution in [3.05, 3.63) is 0 Å². The molecule has 1 fully saturated rings. The Morgan fingerprint density at radius 3 is 2.64 bits per heavy atom. The molecule has 0 aliphatic heterocycles. The summed E-state index contributed by atoms with van der Waals surface area (Å²) >= 11 is 0. The average molecular weight is 159 g/mol. The third-order valence-corrected chi connectivity index (χ3v) is 2.75. The molecule has 0 atom stereocenters. The van der Waals surface area contributed by atoms with E-state index in [0.717, 1.165) is 18.9 Å². The molecule has 0 saturated heterocycles. The van der Waals surface area contributed by atoms with Crippen LogP contribution in [0.2, 0.25) is 0 Å². The molecule has 0 bridgehead atoms. The van der Waals surface area contributed by atoms with Crippen LogP contribution in [0, 0.1) is 11.3 Å². The molecule has 11 heavy (non-hydrogen) atoms. The maximum absolute atomic E-state index is 12.0. The Labute approximate surface area is 68.4 Å². The summed E-state index contributed by atoms with van der Waals surface area (Å²) in [6.45, 7) is 3.14. The topological polar surface area (TPSA) is 12.0 Å². The molecule has 0 aromatic heterocycles. The van der Waals surface area contributed by atoms with Crippen molar-refractivity contribution < 1.29 is 4.39 Å². The summed E-state index contributed by atoms with van der Waals surface area (Å²) in [5.41, 5.74) is 0.330. The van der Waals surface area contributed by atoms with Gasteiger partial charge in [0.25, 0.3) is 0 Å². The maximum Gasteiger partial charge on any atom is 0.0899 e. The second-order valence-electron chi connectivity index (χ2n) is 4.08. The van der Waals surface area contributed by atoms with E-state index in [4.69, 9.17) is 0 Å². The Hall–Kier alpha value is -0.110. The average Bonchev–Trinajstić information content (AvgIpc) is 1.85. The lowest BCUT2D eigenvalue weighted by atomic mass is 9.62. The lowest BCUT2D eigenvalue weighted by Crippen LogP contribution is -2.39. The van der Waals surface area contributed by atoms with Gasteiger partial charge in [-0.1, -0.05) is 6.92 Å². The van der Waals surface area contributed by atoms with Crippen molar-refractivity contribution in [2.45, 2.75) is 26.2 Å². The van der Waals surface area contributed by atoms with Crippen LogP contribution in [0.4, 0.5) is 4.39 Å². The molecule has 0 aromatic rings. The molecular weight excluding hydrogens is 141 g/mol. The SMILES string of the molecule is CNCC1CC(C)(CCF)C1. The molecule has 1 aliphatic carbocycles. The number of hydrogen-bond acceptors (Lipinski definition) is 1. The quantitative estimate of drug-likeness (QED) is 0.661. The fraction of sp³-hybridized carbons (Fsp3) is 1.00. The van der Waals surface area contributed by atoms with Crippen molar-refractivity contribution in [2.75, 3.05) is 20.3 Å². The van der Waals surface area contributed by atoms with Crippen LogP contribution in [0.1, 0.15) is 26.2 Å². The lowest BCUT2D eigenvalue weighted by Gasteiger charge is -2.45. The van der Waals surface area contributed by atoms with E-state index in [2.05, 4.69) is 12.2 Å². The maximum atomic E-state index is 12.0. The second-order valence-corrected chi connectivity index (χ2v) is 4.08. The van der Waals surface area contributed by atoms with E-state index < -0.39 is 0 Å². The summed E-state index contributed by atoms with van der Waals surface area (Å²) in [6, 6.07) is 0. The second kappa shape index (κ2) is 3.53. The van der Waals surface area contributed by atoms with Gasteiger partial charge in [-0.15, -0.1) is 0 Å². The van der Waals surface area contributed by atoms with E-state index >= 15 is 0 Å². The van der Waals surface area contributed by atoms with Crippen molar-refractivity contribution in [3.8, 4) is 0 Å². The fourth-order valence-electron chi connectivity index (χ4n) is 2.20. The molecule has 1 nitrogen and oxygen atoms in total. The minimum Gasteiger partial charge on any atom is -0.319 e. The van der Waals surface area contributed by atoms with Crippen LogP contribution in [0.25, 0.3) is 0 Å². The van der Waals surface area contributed by atoms with E-state index in [0.29, 0.717) is 5.41 Å². The predicted octanol–water partition coefficient (Wildman–Crippen LogP) is 1.98. The minimum atomic E-state index is -0.150. The molecule has 0 amide bonds. The van der Waals surface area contributed by atoms with Crippen LogP contribution in [0.5, 0.6) is 0 Å². The van der Waals surface area contributed by atoms with Crippen LogP contribution in [-0.2, 0) is 0 Å². The number of nitrogens with one attached hydrogen (secondary N) is 1. The number of halogens is 1. The van der Waals surface area contributed by atoms with Gasteiger partial charge in [0.1, 0.15) is 0 Å². The molecule has 0 unspecified atom stereocenters. The Morgan fingerprint density at radius 2 is 2.18 bits per heavy atom. The first-order valence-corrected chi connectivity index (χ1v) is 4.41. The van der Waals surface area contributed by atoms with Crippen LogP contribution in [0.3, 0.4) is 0 Å². The zero-order valence-corrected chi connectivity index (χ0v) is 7.49. The van der Waals surface area contributed by atoms with Gasteiger partial charge in [-0.25, -0.2) is 0 Å². The molecule has 1 aliphatic rings. The summed E-state index contributed by atoms with van der Waals surface area (Å²) in [5.74, 6) is 0.802. The van der Waals surface area contributed by atoms with Crippen molar-refractivity contribution >= 4 is 0 Å². The summed E-state index contributed by atoms with van der Waals surface area (Å²) in [4.78, 5) is 0. The molecule has 0 radical (unpaired) electrons. The monoisotopic (exact) mass is 159 g/mol. The van der Waals surface area contributed by atoms with Crippen molar-refractivity contribution in [1.29, 1.82) is 0 Å². The predicted molar refractivity (Wildman–Crippen MR) is 45.3 cm³/mol. The normalized spacial score (nSPS) is 36.8. The van der Waals surface area contributed by atoms with Gasteiger partial charge in [0.05, 0.1) is 6.67 Å². The summed E-state index contributed by atoms with van der Waals surface area (Å²) in [6.07, 6.45) is 3.17. The molecule has 2 heteroatoms. The highest BCUT2D eigenvalue weighted by Gasteiger charge is 2.38. The molecule has 66 valence electrons. The Kier molecular flexibility index (Phi) is 2.88. The van der Waals surface area contributed by atoms with Crippen LogP contribution < -0.4 is 5.32 Å². The van der Waals surface area contributed by atoms with Gasteiger partial charge in [0.15, 0.2) is 0 Å². The highest BCUT2D eigenvalue weighted by atomic mass is 19.1. The van der Waals surface area contributed by atoms with Gasteiger partial charge in [-0.3, -0.25) is 4.39 Å². The molecular formula is C9H18FN. The van der Waals surface area contributed by atoms with E-state index in [1.807, 2.05) is 7.05 Å². The molecule has 1 rings (SSSR count). The van der Waals surface area contributed by atoms with Crippen LogP contribution >= 0.6 is 0 Å². The third-order valence-electron chi connectivity index (χ3n) is 2.75. The van der Waals surface area contributed by atoms with E-state index in [1.165, 1.54) is 12.8 Å². The third kappa shape index (κ3) is 2.16. The first-order chi connectivity index (χ1) is 5.20. The standard InChI is InChI=1S/C9H18FN/c1-9(3-4-10)5-8(6-9)7-11-2/h8,11H,3-7H2,1-2H3. The van der Waals surface area contributed by atoms with Gasteiger partial charge in [-0.05, 0) is 44.2 Å². The number of hydrogen-bond donors (Lipinski definition) is 1. The van der Waals surface area contributed by atoms with Gasteiger partial charge in [0, 0.05) is 0 Å². The fourth-order valence-corrected chi connectivity index (χ4v) is 2.20. The van der Waals surface area contributed by atoms with Crippen LogP contribution in [0.15, 0.2) is 0 Å². The summed E-state index contributed by atoms with van der Waals surface area (Å²) < 4.78 is 12.0. The molecule has 1 saturated carbocycles. The van der Waals surface area contributed by atoms with Gasteiger partial charge < -0.3 is 5.32 Å². The Balaban J connectivity index is 2.15. The van der Waals surface area contributed by atoms with E-state index in [1.54, 1.807) is 0 Å². The molecule has 0 heterocycles. The van der Waals surface area contributed by atoms with Gasteiger partial charge >= 0.3 is 0 Å². The lowest BCUT2D eigenvalue weighted by molar-refractivity contribution is 0.0588. The highest BCUT2D eigenvalue weighted by Crippen LogP contribution is 2.47. The minimum absolute atomic E-state index is 0.150. The van der Waals surface area contributed by atoms with E-state index in [9.17, 15) is 4.39 Å². The smallest absolute Gasteiger partial charge is 0.0899 e. The first-order valence-electron chi connectivity index (χ1n) is 4.41. The zero-order valence-electron chi connectivity index (χ0n) is 7.49. The largest absolute Gasteiger partial charge is 0.319 e. The Bertz CT molecular complexity index is 119. The summed E-state index contributed by atoms with van der Waals surface area (Å²) in [7, 11) is 1.98. The molecule has 0 spiro atoms. The van der Waals surface area contributed by atoms with Crippen LogP contribution in [-0.4, -0.2) is 20.3 Å². The van der Waals surface area contributed by atoms with Crippen molar-refractivity contribution in [1.82, 2.24) is 5.32 Å². The van der Waals surface area contributed by atoms with E-state index in [-0.39, 0.29) is 6.67 Å². The van der Waals surface area contributed by atoms with Gasteiger partial charge in [-0.2, -0.15) is 0 Å². The number of alkyl halides is 1. The van der Waals surface area contributed by atoms with Gasteiger partial charge in [0.2, 0.25) is 0 Å². The Morgan fingerprint density at radius 1 is 1.55 bits per heavy atom. The first kappa shape index (κ1) is 8.98. The zero-order chi connectivity index (χ0) is 8.32. The molecule has 1 N–H and O–H groups in total. The van der Waals surface area contributed by atoms with Crippen molar-refractivity contribution in [2.24, 2.45) is 11.3 Å². The number of rotatable bonds is 4. The highest BCUT2D eigenvalue weighted by molar-refractivity contribution is 4.90. The molecule has 0 aromatic carbocycles. The summed E-state index contributed by atoms with van der Waals surface area (Å²) in [5, 5.41) is 3.16. The van der Waals surface area contributed by atoms with Crippen molar-refractivity contribution in [3.63, 3.8) is 0 Å².